The molecule has 0 aliphatic rings. The Kier molecular flexibility index (Phi) is 7.30. The van der Waals surface area contributed by atoms with Crippen molar-refractivity contribution < 1.29 is 9.53 Å². The van der Waals surface area contributed by atoms with Crippen molar-refractivity contribution in [2.24, 2.45) is 5.92 Å². The molecule has 1 heterocycles. The molecule has 0 fully saturated rings. The molecule has 5 heteroatoms. The van der Waals surface area contributed by atoms with Gasteiger partial charge in [-0.05, 0) is 41.3 Å². The number of ether oxygens (including phenoxy) is 1. The number of amides is 1. The minimum absolute atomic E-state index is 0.0335. The van der Waals surface area contributed by atoms with Crippen molar-refractivity contribution in [2.75, 3.05) is 13.2 Å². The highest BCUT2D eigenvalue weighted by Gasteiger charge is 2.19. The number of aryl methyl sites for hydroxylation is 1. The van der Waals surface area contributed by atoms with Gasteiger partial charge in [0, 0.05) is 23.8 Å². The molecule has 0 aromatic carbocycles. The van der Waals surface area contributed by atoms with Crippen LogP contribution in [0.3, 0.4) is 0 Å². The van der Waals surface area contributed by atoms with Gasteiger partial charge in [0.1, 0.15) is 5.69 Å². The second kappa shape index (κ2) is 8.47. The third kappa shape index (κ3) is 4.94. The Hall–Kier alpha value is -0.810. The van der Waals surface area contributed by atoms with E-state index >= 15 is 0 Å². The minimum atomic E-state index is -0.0393. The number of halogens is 1. The van der Waals surface area contributed by atoms with Gasteiger partial charge in [-0.25, -0.2) is 0 Å². The van der Waals surface area contributed by atoms with Crippen molar-refractivity contribution >= 4 is 21.8 Å². The number of carbonyl (C=O) groups is 1. The lowest BCUT2D eigenvalue weighted by Gasteiger charge is -2.22. The highest BCUT2D eigenvalue weighted by Crippen LogP contribution is 2.16. The lowest BCUT2D eigenvalue weighted by Crippen LogP contribution is -2.42. The van der Waals surface area contributed by atoms with Crippen LogP contribution in [0.5, 0.6) is 0 Å². The van der Waals surface area contributed by atoms with Gasteiger partial charge in [-0.2, -0.15) is 0 Å². The highest BCUT2D eigenvalue weighted by atomic mass is 79.9. The van der Waals surface area contributed by atoms with E-state index < -0.39 is 0 Å². The van der Waals surface area contributed by atoms with Crippen LogP contribution in [0.1, 0.15) is 44.6 Å². The first-order valence-electron chi connectivity index (χ1n) is 7.23. The average molecular weight is 345 g/mol. The largest absolute Gasteiger partial charge is 0.380 e. The van der Waals surface area contributed by atoms with E-state index in [9.17, 15) is 4.79 Å². The number of hydrogen-bond donors (Lipinski definition) is 1. The van der Waals surface area contributed by atoms with Gasteiger partial charge in [-0.3, -0.25) is 4.79 Å². The molecule has 1 atom stereocenters. The predicted octanol–water partition coefficient (Wildman–Crippen LogP) is 3.45. The van der Waals surface area contributed by atoms with Gasteiger partial charge in [0.25, 0.3) is 5.91 Å². The molecule has 0 saturated heterocycles. The third-order valence-corrected chi connectivity index (χ3v) is 3.62. The molecule has 0 aliphatic heterocycles. The monoisotopic (exact) mass is 344 g/mol. The van der Waals surface area contributed by atoms with Crippen molar-refractivity contribution in [1.29, 1.82) is 0 Å². The molecule has 0 saturated carbocycles. The van der Waals surface area contributed by atoms with E-state index in [1.165, 1.54) is 0 Å². The number of rotatable bonds is 8. The van der Waals surface area contributed by atoms with Crippen molar-refractivity contribution in [3.63, 3.8) is 0 Å². The predicted molar refractivity (Wildman–Crippen MR) is 85.0 cm³/mol. The maximum Gasteiger partial charge on any atom is 0.268 e. The number of aromatic nitrogens is 1. The lowest BCUT2D eigenvalue weighted by molar-refractivity contribution is 0.0798. The molecule has 0 spiro atoms. The minimum Gasteiger partial charge on any atom is -0.380 e. The number of nitrogens with zero attached hydrogens (tertiary/aromatic N) is 1. The van der Waals surface area contributed by atoms with Crippen LogP contribution in [0.2, 0.25) is 0 Å². The number of nitrogens with one attached hydrogen (secondary N) is 1. The normalized spacial score (nSPS) is 12.7. The van der Waals surface area contributed by atoms with Crippen molar-refractivity contribution in [3.05, 3.63) is 22.4 Å². The molecule has 1 aromatic rings. The van der Waals surface area contributed by atoms with Crippen LogP contribution in [0.25, 0.3) is 0 Å². The summed E-state index contributed by atoms with van der Waals surface area (Å²) in [7, 11) is 0. The van der Waals surface area contributed by atoms with Gasteiger partial charge >= 0.3 is 0 Å². The number of carbonyl (C=O) groups excluding carboxylic acids is 1. The van der Waals surface area contributed by atoms with Gasteiger partial charge in [0.2, 0.25) is 0 Å². The molecule has 20 heavy (non-hydrogen) atoms. The first-order valence-corrected chi connectivity index (χ1v) is 8.03. The summed E-state index contributed by atoms with van der Waals surface area (Å²) in [6.07, 6.45) is 2.94. The van der Waals surface area contributed by atoms with Crippen LogP contribution in [-0.2, 0) is 11.3 Å². The Labute approximate surface area is 130 Å². The highest BCUT2D eigenvalue weighted by molar-refractivity contribution is 9.10. The van der Waals surface area contributed by atoms with Gasteiger partial charge < -0.3 is 14.6 Å². The van der Waals surface area contributed by atoms with E-state index in [4.69, 9.17) is 4.74 Å². The Balaban J connectivity index is 2.77. The SMILES string of the molecule is CCCn1cc(Br)cc1C(=O)NC(COCC)C(C)C. The summed E-state index contributed by atoms with van der Waals surface area (Å²) in [6.45, 7) is 10.3. The summed E-state index contributed by atoms with van der Waals surface area (Å²) in [5, 5.41) is 3.07. The summed E-state index contributed by atoms with van der Waals surface area (Å²) < 4.78 is 8.36. The molecule has 1 aromatic heterocycles. The smallest absolute Gasteiger partial charge is 0.268 e. The first kappa shape index (κ1) is 17.2. The Morgan fingerprint density at radius 3 is 2.70 bits per heavy atom. The zero-order valence-corrected chi connectivity index (χ0v) is 14.4. The topological polar surface area (TPSA) is 43.3 Å². The number of hydrogen-bond acceptors (Lipinski definition) is 2. The maximum absolute atomic E-state index is 12.4. The van der Waals surface area contributed by atoms with Gasteiger partial charge in [0.15, 0.2) is 0 Å². The fourth-order valence-corrected chi connectivity index (χ4v) is 2.44. The van der Waals surface area contributed by atoms with Gasteiger partial charge in [-0.1, -0.05) is 20.8 Å². The van der Waals surface area contributed by atoms with E-state index in [1.54, 1.807) is 0 Å². The second-order valence-electron chi connectivity index (χ2n) is 5.22. The zero-order valence-electron chi connectivity index (χ0n) is 12.8. The molecule has 0 radical (unpaired) electrons. The maximum atomic E-state index is 12.4. The Bertz CT molecular complexity index is 430. The van der Waals surface area contributed by atoms with E-state index in [2.05, 4.69) is 42.0 Å². The summed E-state index contributed by atoms with van der Waals surface area (Å²) in [5.41, 5.74) is 0.695. The first-order chi connectivity index (χ1) is 9.49. The van der Waals surface area contributed by atoms with E-state index in [0.29, 0.717) is 24.8 Å². The van der Waals surface area contributed by atoms with Crippen LogP contribution in [0, 0.1) is 5.92 Å². The molecule has 0 bridgehead atoms. The van der Waals surface area contributed by atoms with E-state index in [0.717, 1.165) is 17.4 Å². The van der Waals surface area contributed by atoms with Crippen molar-refractivity contribution in [1.82, 2.24) is 9.88 Å². The van der Waals surface area contributed by atoms with Crippen LogP contribution < -0.4 is 5.32 Å². The fourth-order valence-electron chi connectivity index (χ4n) is 1.98. The molecule has 1 unspecified atom stereocenters. The van der Waals surface area contributed by atoms with Crippen LogP contribution in [-0.4, -0.2) is 29.7 Å². The Morgan fingerprint density at radius 2 is 2.15 bits per heavy atom. The summed E-state index contributed by atoms with van der Waals surface area (Å²) in [6, 6.07) is 1.90. The molecule has 114 valence electrons. The fraction of sp³-hybridized carbons (Fsp3) is 0.667. The molecule has 1 N–H and O–H groups in total. The van der Waals surface area contributed by atoms with E-state index in [1.807, 2.05) is 23.8 Å². The summed E-state index contributed by atoms with van der Waals surface area (Å²) in [5.74, 6) is 0.297. The summed E-state index contributed by atoms with van der Waals surface area (Å²) >= 11 is 3.43. The second-order valence-corrected chi connectivity index (χ2v) is 6.14. The molecular formula is C15H25BrN2O2. The average Bonchev–Trinajstić information content (AvgIpc) is 2.75. The quantitative estimate of drug-likeness (QED) is 0.784. The molecule has 1 rings (SSSR count). The van der Waals surface area contributed by atoms with Crippen LogP contribution in [0.15, 0.2) is 16.7 Å². The van der Waals surface area contributed by atoms with Crippen LogP contribution >= 0.6 is 15.9 Å². The van der Waals surface area contributed by atoms with E-state index in [-0.39, 0.29) is 11.9 Å². The zero-order chi connectivity index (χ0) is 15.1. The molecule has 4 nitrogen and oxygen atoms in total. The van der Waals surface area contributed by atoms with Gasteiger partial charge in [-0.15, -0.1) is 0 Å². The standard InChI is InChI=1S/C15H25BrN2O2/c1-5-7-18-9-12(16)8-14(18)15(19)17-13(11(3)4)10-20-6-2/h8-9,11,13H,5-7,10H2,1-4H3,(H,17,19). The van der Waals surface area contributed by atoms with Crippen molar-refractivity contribution in [3.8, 4) is 0 Å². The van der Waals surface area contributed by atoms with Crippen LogP contribution in [0.4, 0.5) is 0 Å². The molecule has 1 amide bonds. The molecule has 0 aliphatic carbocycles. The summed E-state index contributed by atoms with van der Waals surface area (Å²) in [4.78, 5) is 12.4. The third-order valence-electron chi connectivity index (χ3n) is 3.18. The lowest BCUT2D eigenvalue weighted by atomic mass is 10.1. The van der Waals surface area contributed by atoms with Crippen molar-refractivity contribution in [2.45, 2.75) is 46.7 Å². The van der Waals surface area contributed by atoms with Gasteiger partial charge in [0.05, 0.1) is 12.6 Å². The Morgan fingerprint density at radius 1 is 1.45 bits per heavy atom. The molecular weight excluding hydrogens is 320 g/mol.